The predicted octanol–water partition coefficient (Wildman–Crippen LogP) is 15.7. The maximum Gasteiger partial charge on any atom is 0.0465 e. The largest absolute Gasteiger partial charge is 0.310 e. The molecule has 0 N–H and O–H groups in total. The fourth-order valence-corrected chi connectivity index (χ4v) is 9.49. The van der Waals surface area contributed by atoms with Crippen LogP contribution < -0.4 is 9.80 Å². The van der Waals surface area contributed by atoms with Gasteiger partial charge in [0.25, 0.3) is 0 Å². The molecular formula is C57H48N2. The Bertz CT molecular complexity index is 2820. The van der Waals surface area contributed by atoms with Crippen molar-refractivity contribution in [3.05, 3.63) is 227 Å². The lowest BCUT2D eigenvalue weighted by atomic mass is 9.81. The van der Waals surface area contributed by atoms with Crippen molar-refractivity contribution < 1.29 is 0 Å². The van der Waals surface area contributed by atoms with Gasteiger partial charge >= 0.3 is 0 Å². The lowest BCUT2D eigenvalue weighted by Crippen LogP contribution is -2.16. The monoisotopic (exact) mass is 760 g/mol. The Morgan fingerprint density at radius 1 is 0.322 bits per heavy atom. The van der Waals surface area contributed by atoms with E-state index in [-0.39, 0.29) is 10.8 Å². The molecule has 2 heteroatoms. The molecular weight excluding hydrogens is 713 g/mol. The normalized spacial score (nSPS) is 14.1. The molecule has 0 atom stereocenters. The van der Waals surface area contributed by atoms with E-state index in [2.05, 4.69) is 245 Å². The van der Waals surface area contributed by atoms with Crippen LogP contribution in [0.1, 0.15) is 66.6 Å². The molecule has 8 aromatic carbocycles. The summed E-state index contributed by atoms with van der Waals surface area (Å²) in [6, 6.07) is 68.9. The minimum Gasteiger partial charge on any atom is -0.310 e. The van der Waals surface area contributed by atoms with Gasteiger partial charge in [0.2, 0.25) is 0 Å². The highest BCUT2D eigenvalue weighted by molar-refractivity contribution is 5.88. The van der Waals surface area contributed by atoms with Gasteiger partial charge in [-0.25, -0.2) is 0 Å². The highest BCUT2D eigenvalue weighted by Crippen LogP contribution is 2.52. The summed E-state index contributed by atoms with van der Waals surface area (Å²) in [5.74, 6) is 0. The van der Waals surface area contributed by atoms with Crippen LogP contribution in [-0.2, 0) is 10.8 Å². The van der Waals surface area contributed by atoms with Gasteiger partial charge in [-0.05, 0) is 135 Å². The van der Waals surface area contributed by atoms with E-state index < -0.39 is 0 Å². The zero-order valence-electron chi connectivity index (χ0n) is 34.4. The minimum atomic E-state index is -0.153. The molecule has 0 saturated carbocycles. The summed E-state index contributed by atoms with van der Waals surface area (Å²) in [5.41, 5.74) is 21.1. The first-order chi connectivity index (χ1) is 28.7. The van der Waals surface area contributed by atoms with Crippen molar-refractivity contribution in [2.24, 2.45) is 0 Å². The molecule has 0 fully saturated rings. The van der Waals surface area contributed by atoms with Crippen molar-refractivity contribution >= 4 is 46.3 Å². The van der Waals surface area contributed by atoms with Gasteiger partial charge < -0.3 is 9.80 Å². The summed E-state index contributed by atoms with van der Waals surface area (Å²) in [4.78, 5) is 4.74. The van der Waals surface area contributed by atoms with Crippen molar-refractivity contribution in [2.45, 2.75) is 45.4 Å². The second-order valence-corrected chi connectivity index (χ2v) is 17.2. The fourth-order valence-electron chi connectivity index (χ4n) is 9.49. The van der Waals surface area contributed by atoms with E-state index in [1.54, 1.807) is 0 Å². The highest BCUT2D eigenvalue weighted by atomic mass is 15.1. The molecule has 0 unspecified atom stereocenters. The van der Waals surface area contributed by atoms with Crippen LogP contribution in [0.15, 0.2) is 188 Å². The Kier molecular flexibility index (Phi) is 8.76. The molecule has 0 aromatic heterocycles. The van der Waals surface area contributed by atoms with Crippen molar-refractivity contribution in [1.29, 1.82) is 0 Å². The predicted molar refractivity (Wildman–Crippen MR) is 251 cm³/mol. The highest BCUT2D eigenvalue weighted by Gasteiger charge is 2.37. The maximum absolute atomic E-state index is 2.40. The summed E-state index contributed by atoms with van der Waals surface area (Å²) in [6.45, 7) is 11.6. The number of rotatable bonds is 8. The van der Waals surface area contributed by atoms with Crippen LogP contribution in [0.5, 0.6) is 0 Å². The first-order valence-corrected chi connectivity index (χ1v) is 20.8. The number of hydrogen-bond acceptors (Lipinski definition) is 2. The molecule has 0 amide bonds. The Hall–Kier alpha value is -6.90. The van der Waals surface area contributed by atoms with Crippen molar-refractivity contribution in [3.8, 4) is 22.3 Å². The number of aryl methyl sites for hydroxylation is 1. The van der Waals surface area contributed by atoms with Crippen molar-refractivity contribution in [3.63, 3.8) is 0 Å². The Morgan fingerprint density at radius 3 is 1.25 bits per heavy atom. The molecule has 10 rings (SSSR count). The van der Waals surface area contributed by atoms with Crippen molar-refractivity contribution in [2.75, 3.05) is 9.80 Å². The minimum absolute atomic E-state index is 0.0695. The van der Waals surface area contributed by atoms with Gasteiger partial charge in [-0.2, -0.15) is 0 Å². The Morgan fingerprint density at radius 2 is 0.695 bits per heavy atom. The molecule has 2 aliphatic rings. The molecule has 0 heterocycles. The first kappa shape index (κ1) is 36.4. The molecule has 0 spiro atoms. The molecule has 0 saturated heterocycles. The molecule has 286 valence electrons. The molecule has 2 nitrogen and oxygen atoms in total. The van der Waals surface area contributed by atoms with Gasteiger partial charge in [0.1, 0.15) is 0 Å². The van der Waals surface area contributed by atoms with Crippen LogP contribution in [0, 0.1) is 6.92 Å². The molecule has 2 aliphatic carbocycles. The number of anilines is 6. The van der Waals surface area contributed by atoms with Gasteiger partial charge in [0.05, 0.1) is 0 Å². The van der Waals surface area contributed by atoms with E-state index in [4.69, 9.17) is 0 Å². The lowest BCUT2D eigenvalue weighted by molar-refractivity contribution is 0.660. The third-order valence-electron chi connectivity index (χ3n) is 12.7. The van der Waals surface area contributed by atoms with Crippen LogP contribution in [0.4, 0.5) is 34.1 Å². The van der Waals surface area contributed by atoms with Gasteiger partial charge in [0.15, 0.2) is 0 Å². The van der Waals surface area contributed by atoms with E-state index in [1.807, 2.05) is 0 Å². The molecule has 8 aromatic rings. The van der Waals surface area contributed by atoms with E-state index in [9.17, 15) is 0 Å². The van der Waals surface area contributed by atoms with Crippen LogP contribution in [0.25, 0.3) is 34.4 Å². The average Bonchev–Trinajstić information content (AvgIpc) is 3.63. The smallest absolute Gasteiger partial charge is 0.0465 e. The summed E-state index contributed by atoms with van der Waals surface area (Å²) < 4.78 is 0. The zero-order valence-corrected chi connectivity index (χ0v) is 34.4. The second kappa shape index (κ2) is 14.2. The molecule has 0 radical (unpaired) electrons. The summed E-state index contributed by atoms with van der Waals surface area (Å²) >= 11 is 0. The third kappa shape index (κ3) is 6.28. The SMILES string of the molecule is Cc1ccc(N(c2ccc(C=Cc3ccc4c(c3)C(C)(C)c3cc(N(c5ccccc5)c5ccccc5)ccc3-4)cc2)c2ccc3c(c2)C(C)(C)c2ccccc2-3)cc1. The first-order valence-electron chi connectivity index (χ1n) is 20.8. The van der Waals surface area contributed by atoms with Gasteiger partial charge in [-0.3, -0.25) is 0 Å². The van der Waals surface area contributed by atoms with Crippen LogP contribution in [0.2, 0.25) is 0 Å². The molecule has 0 bridgehead atoms. The Balaban J connectivity index is 0.938. The van der Waals surface area contributed by atoms with Crippen molar-refractivity contribution in [1.82, 2.24) is 0 Å². The number of nitrogens with zero attached hydrogens (tertiary/aromatic N) is 2. The second-order valence-electron chi connectivity index (χ2n) is 17.2. The summed E-state index contributed by atoms with van der Waals surface area (Å²) in [5, 5.41) is 0. The average molecular weight is 761 g/mol. The molecule has 0 aliphatic heterocycles. The fraction of sp³-hybridized carbons (Fsp3) is 0.123. The zero-order chi connectivity index (χ0) is 40.3. The van der Waals surface area contributed by atoms with Crippen LogP contribution in [-0.4, -0.2) is 0 Å². The maximum atomic E-state index is 2.40. The van der Waals surface area contributed by atoms with E-state index in [0.717, 1.165) is 34.0 Å². The van der Waals surface area contributed by atoms with Gasteiger partial charge in [0, 0.05) is 45.0 Å². The number of para-hydroxylation sites is 2. The number of hydrogen-bond donors (Lipinski definition) is 0. The lowest BCUT2D eigenvalue weighted by Gasteiger charge is -2.28. The van der Waals surface area contributed by atoms with Gasteiger partial charge in [-0.15, -0.1) is 0 Å². The van der Waals surface area contributed by atoms with Gasteiger partial charge in [-0.1, -0.05) is 161 Å². The van der Waals surface area contributed by atoms with Crippen LogP contribution in [0.3, 0.4) is 0 Å². The standard InChI is InChI=1S/C57H48N2/c1-39-20-27-44(28-21-39)59(47-31-34-50-48-18-12-13-19-52(48)56(2,3)54(50)37-47)45-29-24-40(25-30-45)22-23-41-26-33-49-51-35-32-46(38-55(51)57(4,5)53(49)36-41)58(42-14-8-6-9-15-42)43-16-10-7-11-17-43/h6-38H,1-5H3. The number of fused-ring (bicyclic) bond motifs is 6. The van der Waals surface area contributed by atoms with E-state index >= 15 is 0 Å². The molecule has 59 heavy (non-hydrogen) atoms. The van der Waals surface area contributed by atoms with E-state index in [0.29, 0.717) is 0 Å². The quantitative estimate of drug-likeness (QED) is 0.142. The summed E-state index contributed by atoms with van der Waals surface area (Å²) in [7, 11) is 0. The third-order valence-corrected chi connectivity index (χ3v) is 12.7. The van der Waals surface area contributed by atoms with Crippen LogP contribution >= 0.6 is 0 Å². The topological polar surface area (TPSA) is 6.48 Å². The number of benzene rings is 8. The summed E-state index contributed by atoms with van der Waals surface area (Å²) in [6.07, 6.45) is 4.49. The Labute approximate surface area is 349 Å². The van der Waals surface area contributed by atoms with E-state index in [1.165, 1.54) is 61.3 Å².